The maximum atomic E-state index is 5.89. The third-order valence-electron chi connectivity index (χ3n) is 2.29. The van der Waals surface area contributed by atoms with Crippen molar-refractivity contribution in [2.24, 2.45) is 7.05 Å². The van der Waals surface area contributed by atoms with Gasteiger partial charge < -0.3 is 10.3 Å². The van der Waals surface area contributed by atoms with Crippen LogP contribution in [0.4, 0.5) is 5.69 Å². The fraction of sp³-hybridized carbons (Fsp3) is 0.400. The minimum atomic E-state index is 0.342. The number of pyridine rings is 1. The molecule has 74 valence electrons. The van der Waals surface area contributed by atoms with E-state index in [1.807, 2.05) is 17.7 Å². The summed E-state index contributed by atoms with van der Waals surface area (Å²) in [5.74, 6) is 0.342. The molecule has 2 heterocycles. The van der Waals surface area contributed by atoms with Gasteiger partial charge in [0.2, 0.25) is 0 Å². The van der Waals surface area contributed by atoms with E-state index in [1.54, 1.807) is 6.33 Å². The Hall–Kier alpha value is -1.58. The Balaban J connectivity index is 2.74. The van der Waals surface area contributed by atoms with Gasteiger partial charge >= 0.3 is 0 Å². The molecule has 0 aliphatic heterocycles. The van der Waals surface area contributed by atoms with Crippen LogP contribution >= 0.6 is 0 Å². The third-order valence-corrected chi connectivity index (χ3v) is 2.29. The van der Waals surface area contributed by atoms with Crippen molar-refractivity contribution in [3.8, 4) is 0 Å². The molecule has 0 aromatic carbocycles. The summed E-state index contributed by atoms with van der Waals surface area (Å²) in [6, 6.07) is 1.89. The Morgan fingerprint density at radius 3 is 2.79 bits per heavy atom. The van der Waals surface area contributed by atoms with Crippen LogP contribution < -0.4 is 5.73 Å². The molecular weight excluding hydrogens is 176 g/mol. The van der Waals surface area contributed by atoms with E-state index in [0.717, 1.165) is 22.5 Å². The van der Waals surface area contributed by atoms with E-state index in [2.05, 4.69) is 23.8 Å². The van der Waals surface area contributed by atoms with Crippen molar-refractivity contribution < 1.29 is 0 Å². The Bertz CT molecular complexity index is 470. The quantitative estimate of drug-likeness (QED) is 0.744. The lowest BCUT2D eigenvalue weighted by molar-refractivity contribution is 0.823. The van der Waals surface area contributed by atoms with Crippen molar-refractivity contribution in [3.05, 3.63) is 18.1 Å². The molecule has 2 aromatic heterocycles. The normalized spacial score (nSPS) is 11.4. The van der Waals surface area contributed by atoms with E-state index in [1.165, 1.54) is 0 Å². The number of imidazole rings is 1. The first-order chi connectivity index (χ1) is 6.59. The van der Waals surface area contributed by atoms with E-state index < -0.39 is 0 Å². The number of nitrogens with two attached hydrogens (primary N) is 1. The van der Waals surface area contributed by atoms with Gasteiger partial charge in [-0.3, -0.25) is 0 Å². The van der Waals surface area contributed by atoms with Gasteiger partial charge in [-0.05, 0) is 12.0 Å². The van der Waals surface area contributed by atoms with Gasteiger partial charge in [0, 0.05) is 7.05 Å². The van der Waals surface area contributed by atoms with E-state index in [4.69, 9.17) is 5.73 Å². The van der Waals surface area contributed by atoms with Crippen LogP contribution in [-0.4, -0.2) is 14.5 Å². The second-order valence-corrected chi connectivity index (χ2v) is 3.82. The number of nitrogen functional groups attached to an aromatic ring is 1. The number of aromatic nitrogens is 3. The van der Waals surface area contributed by atoms with Crippen LogP contribution in [0.25, 0.3) is 11.2 Å². The van der Waals surface area contributed by atoms with Crippen molar-refractivity contribution in [2.75, 3.05) is 5.73 Å². The van der Waals surface area contributed by atoms with Crippen molar-refractivity contribution in [1.29, 1.82) is 0 Å². The number of aryl methyl sites for hydroxylation is 1. The molecule has 0 atom stereocenters. The molecule has 0 bridgehead atoms. The van der Waals surface area contributed by atoms with Crippen molar-refractivity contribution >= 4 is 16.9 Å². The Morgan fingerprint density at radius 1 is 1.43 bits per heavy atom. The fourth-order valence-corrected chi connectivity index (χ4v) is 1.54. The van der Waals surface area contributed by atoms with E-state index in [9.17, 15) is 0 Å². The van der Waals surface area contributed by atoms with E-state index in [-0.39, 0.29) is 0 Å². The highest BCUT2D eigenvalue weighted by Crippen LogP contribution is 2.22. The topological polar surface area (TPSA) is 56.7 Å². The summed E-state index contributed by atoms with van der Waals surface area (Å²) >= 11 is 0. The standard InChI is InChI=1S/C10H14N4/c1-6(2)9-7(11)4-8-10(13-9)14(3)5-12-8/h4-6H,11H2,1-3H3. The summed E-state index contributed by atoms with van der Waals surface area (Å²) in [5, 5.41) is 0. The molecule has 4 nitrogen and oxygen atoms in total. The zero-order valence-corrected chi connectivity index (χ0v) is 8.65. The summed E-state index contributed by atoms with van der Waals surface area (Å²) in [6.07, 6.45) is 1.75. The van der Waals surface area contributed by atoms with Crippen molar-refractivity contribution in [2.45, 2.75) is 19.8 Å². The maximum absolute atomic E-state index is 5.89. The second-order valence-electron chi connectivity index (χ2n) is 3.82. The number of hydrogen-bond donors (Lipinski definition) is 1. The SMILES string of the molecule is CC(C)c1nc2c(cc1N)ncn2C. The number of hydrogen-bond acceptors (Lipinski definition) is 3. The highest BCUT2D eigenvalue weighted by molar-refractivity contribution is 5.75. The summed E-state index contributed by atoms with van der Waals surface area (Å²) in [6.45, 7) is 4.17. The average molecular weight is 190 g/mol. The van der Waals surface area contributed by atoms with Gasteiger partial charge in [-0.25, -0.2) is 9.97 Å². The molecule has 2 N–H and O–H groups in total. The molecule has 4 heteroatoms. The Kier molecular flexibility index (Phi) is 1.91. The summed E-state index contributed by atoms with van der Waals surface area (Å²) in [7, 11) is 1.93. The highest BCUT2D eigenvalue weighted by atomic mass is 15.1. The zero-order valence-electron chi connectivity index (χ0n) is 8.65. The Labute approximate surface area is 82.8 Å². The lowest BCUT2D eigenvalue weighted by atomic mass is 10.1. The molecule has 0 unspecified atom stereocenters. The number of nitrogens with zero attached hydrogens (tertiary/aromatic N) is 3. The Morgan fingerprint density at radius 2 is 2.14 bits per heavy atom. The number of rotatable bonds is 1. The summed E-state index contributed by atoms with van der Waals surface area (Å²) in [5.41, 5.74) is 9.31. The second kappa shape index (κ2) is 2.97. The molecule has 0 spiro atoms. The fourth-order valence-electron chi connectivity index (χ4n) is 1.54. The molecule has 0 aliphatic carbocycles. The number of fused-ring (bicyclic) bond motifs is 1. The van der Waals surface area contributed by atoms with Gasteiger partial charge in [-0.15, -0.1) is 0 Å². The van der Waals surface area contributed by atoms with Crippen LogP contribution in [0.15, 0.2) is 12.4 Å². The van der Waals surface area contributed by atoms with Gasteiger partial charge in [-0.1, -0.05) is 13.8 Å². The summed E-state index contributed by atoms with van der Waals surface area (Å²) < 4.78 is 1.90. The predicted octanol–water partition coefficient (Wildman–Crippen LogP) is 1.67. The lowest BCUT2D eigenvalue weighted by Gasteiger charge is -2.08. The van der Waals surface area contributed by atoms with Gasteiger partial charge in [0.15, 0.2) is 5.65 Å². The highest BCUT2D eigenvalue weighted by Gasteiger charge is 2.10. The molecule has 0 fully saturated rings. The van der Waals surface area contributed by atoms with Crippen molar-refractivity contribution in [3.63, 3.8) is 0 Å². The molecule has 2 aromatic rings. The summed E-state index contributed by atoms with van der Waals surface area (Å²) in [4.78, 5) is 8.71. The molecule has 0 saturated carbocycles. The first-order valence-corrected chi connectivity index (χ1v) is 4.67. The first kappa shape index (κ1) is 8.99. The lowest BCUT2D eigenvalue weighted by Crippen LogP contribution is -2.01. The van der Waals surface area contributed by atoms with Gasteiger partial charge in [0.1, 0.15) is 5.52 Å². The maximum Gasteiger partial charge on any atom is 0.159 e. The first-order valence-electron chi connectivity index (χ1n) is 4.67. The smallest absolute Gasteiger partial charge is 0.159 e. The predicted molar refractivity (Wildman–Crippen MR) is 57.0 cm³/mol. The largest absolute Gasteiger partial charge is 0.397 e. The van der Waals surface area contributed by atoms with Crippen LogP contribution in [0.2, 0.25) is 0 Å². The third kappa shape index (κ3) is 1.23. The number of anilines is 1. The van der Waals surface area contributed by atoms with Crippen LogP contribution in [0.1, 0.15) is 25.5 Å². The monoisotopic (exact) mass is 190 g/mol. The van der Waals surface area contributed by atoms with Gasteiger partial charge in [0.05, 0.1) is 17.7 Å². The van der Waals surface area contributed by atoms with Crippen LogP contribution in [-0.2, 0) is 7.05 Å². The molecule has 0 saturated heterocycles. The van der Waals surface area contributed by atoms with Crippen LogP contribution in [0.3, 0.4) is 0 Å². The molecule has 0 amide bonds. The van der Waals surface area contributed by atoms with Crippen LogP contribution in [0.5, 0.6) is 0 Å². The molecule has 14 heavy (non-hydrogen) atoms. The zero-order chi connectivity index (χ0) is 10.3. The van der Waals surface area contributed by atoms with Gasteiger partial charge in [-0.2, -0.15) is 0 Å². The molecular formula is C10H14N4. The van der Waals surface area contributed by atoms with E-state index in [0.29, 0.717) is 5.92 Å². The molecule has 0 radical (unpaired) electrons. The van der Waals surface area contributed by atoms with Gasteiger partial charge in [0.25, 0.3) is 0 Å². The van der Waals surface area contributed by atoms with E-state index >= 15 is 0 Å². The minimum absolute atomic E-state index is 0.342. The molecule has 0 aliphatic rings. The van der Waals surface area contributed by atoms with Crippen molar-refractivity contribution in [1.82, 2.24) is 14.5 Å². The average Bonchev–Trinajstić information content (AvgIpc) is 2.46. The minimum Gasteiger partial charge on any atom is -0.397 e. The molecule has 2 rings (SSSR count). The van der Waals surface area contributed by atoms with Crippen LogP contribution in [0, 0.1) is 0 Å².